The van der Waals surface area contributed by atoms with E-state index in [1.165, 1.54) is 30.5 Å². The molecule has 0 aliphatic carbocycles. The molecule has 12 nitrogen and oxygen atoms in total. The molecule has 0 fully saturated rings. The fourth-order valence-electron chi connectivity index (χ4n) is 2.64. The third-order valence-corrected chi connectivity index (χ3v) is 3.93. The highest BCUT2D eigenvalue weighted by atomic mass is 16.6. The molecule has 0 atom stereocenters. The molecule has 0 saturated carbocycles. The minimum Gasteiger partial charge on any atom is -0.389 e. The van der Waals surface area contributed by atoms with E-state index in [2.05, 4.69) is 41.0 Å². The van der Waals surface area contributed by atoms with E-state index in [0.717, 1.165) is 0 Å². The Labute approximate surface area is 178 Å². The second-order valence-corrected chi connectivity index (χ2v) is 7.01. The maximum atomic E-state index is 12.6. The summed E-state index contributed by atoms with van der Waals surface area (Å²) >= 11 is 0. The summed E-state index contributed by atoms with van der Waals surface area (Å²) in [6, 6.07) is 0. The van der Waals surface area contributed by atoms with Gasteiger partial charge in [0.1, 0.15) is 17.8 Å². The normalized spacial score (nSPS) is 10.6. The van der Waals surface area contributed by atoms with Crippen LogP contribution in [0, 0.1) is 5.92 Å². The van der Waals surface area contributed by atoms with Crippen molar-refractivity contribution in [2.45, 2.75) is 20.3 Å². The largest absolute Gasteiger partial charge is 0.418 e. The number of amides is 2. The highest BCUT2D eigenvalue weighted by molar-refractivity contribution is 6.01. The Bertz CT molecular complexity index is 1070. The van der Waals surface area contributed by atoms with Crippen LogP contribution in [0.15, 0.2) is 31.1 Å². The Morgan fingerprint density at radius 2 is 1.90 bits per heavy atom. The number of hydrogen-bond donors (Lipinski definition) is 3. The van der Waals surface area contributed by atoms with E-state index in [1.807, 2.05) is 13.8 Å². The van der Waals surface area contributed by atoms with Crippen molar-refractivity contribution in [1.82, 2.24) is 35.0 Å². The number of carbonyl (C=O) groups is 2. The van der Waals surface area contributed by atoms with Gasteiger partial charge in [-0.25, -0.2) is 19.7 Å². The van der Waals surface area contributed by atoms with Crippen LogP contribution in [0.25, 0.3) is 0 Å². The summed E-state index contributed by atoms with van der Waals surface area (Å²) in [5.74, 6) is 0.426. The molecule has 0 saturated heterocycles. The predicted octanol–water partition coefficient (Wildman–Crippen LogP) is 1.91. The average Bonchev–Trinajstić information content (AvgIpc) is 3.09. The lowest BCUT2D eigenvalue weighted by molar-refractivity contribution is 0.0958. The quantitative estimate of drug-likeness (QED) is 0.516. The fraction of sp³-hybridized carbons (Fsp3) is 0.316. The summed E-state index contributed by atoms with van der Waals surface area (Å²) in [5.41, 5.74) is 1.19. The average molecular weight is 425 g/mol. The molecule has 31 heavy (non-hydrogen) atoms. The van der Waals surface area contributed by atoms with Crippen LogP contribution in [0.5, 0.6) is 5.88 Å². The Hall–Kier alpha value is -4.09. The number of rotatable bonds is 7. The molecule has 3 heterocycles. The van der Waals surface area contributed by atoms with Crippen LogP contribution in [0.2, 0.25) is 0 Å². The monoisotopic (exact) mass is 425 g/mol. The number of ether oxygens (including phenoxy) is 1. The summed E-state index contributed by atoms with van der Waals surface area (Å²) in [5, 5.41) is 12.1. The first-order valence-corrected chi connectivity index (χ1v) is 9.48. The van der Waals surface area contributed by atoms with E-state index in [-0.39, 0.29) is 17.3 Å². The van der Waals surface area contributed by atoms with Gasteiger partial charge in [0.2, 0.25) is 0 Å². The van der Waals surface area contributed by atoms with Crippen LogP contribution < -0.4 is 20.7 Å². The van der Waals surface area contributed by atoms with Gasteiger partial charge < -0.3 is 15.4 Å². The summed E-state index contributed by atoms with van der Waals surface area (Å²) in [6.45, 7) is 4.07. The van der Waals surface area contributed by atoms with Gasteiger partial charge in [0, 0.05) is 26.7 Å². The third-order valence-electron chi connectivity index (χ3n) is 3.93. The Kier molecular flexibility index (Phi) is 6.70. The molecule has 0 aliphatic heterocycles. The molecule has 0 aliphatic rings. The van der Waals surface area contributed by atoms with Gasteiger partial charge in [0.05, 0.1) is 30.0 Å². The van der Waals surface area contributed by atoms with Crippen LogP contribution in [-0.2, 0) is 13.5 Å². The number of aromatic nitrogens is 6. The minimum absolute atomic E-state index is 0.0254. The van der Waals surface area contributed by atoms with Crippen molar-refractivity contribution < 1.29 is 14.3 Å². The number of aryl methyl sites for hydroxylation is 1. The molecule has 0 bridgehead atoms. The molecule has 3 N–H and O–H groups in total. The topological polar surface area (TPSA) is 149 Å². The summed E-state index contributed by atoms with van der Waals surface area (Å²) in [4.78, 5) is 41.1. The lowest BCUT2D eigenvalue weighted by Crippen LogP contribution is -2.23. The molecule has 0 radical (unpaired) electrons. The zero-order chi connectivity index (χ0) is 22.4. The lowest BCUT2D eigenvalue weighted by Gasteiger charge is -2.13. The fourth-order valence-corrected chi connectivity index (χ4v) is 2.64. The van der Waals surface area contributed by atoms with Crippen LogP contribution >= 0.6 is 0 Å². The van der Waals surface area contributed by atoms with E-state index in [9.17, 15) is 9.59 Å². The standard InChI is InChI=1S/C19H23N9O3/c1-11(2)5-15-23-8-13(24-12-6-21-10-22-7-12)18(26-15)31-19(30)25-14-9-28(4)27-16(14)17(29)20-3/h6-11,24H,5H2,1-4H3,(H,20,29)(H,25,30). The highest BCUT2D eigenvalue weighted by Crippen LogP contribution is 2.26. The Morgan fingerprint density at radius 1 is 1.16 bits per heavy atom. The van der Waals surface area contributed by atoms with Crippen LogP contribution in [0.3, 0.4) is 0 Å². The molecular formula is C19H23N9O3. The second-order valence-electron chi connectivity index (χ2n) is 7.01. The smallest absolute Gasteiger partial charge is 0.389 e. The lowest BCUT2D eigenvalue weighted by atomic mass is 10.1. The maximum Gasteiger partial charge on any atom is 0.418 e. The molecule has 0 unspecified atom stereocenters. The van der Waals surface area contributed by atoms with Gasteiger partial charge in [-0.05, 0) is 5.92 Å². The van der Waals surface area contributed by atoms with Crippen molar-refractivity contribution in [3.8, 4) is 5.88 Å². The molecular weight excluding hydrogens is 402 g/mol. The SMILES string of the molecule is CNC(=O)c1nn(C)cc1NC(=O)Oc1nc(CC(C)C)ncc1Nc1cncnc1. The molecule has 3 aromatic rings. The maximum absolute atomic E-state index is 12.6. The summed E-state index contributed by atoms with van der Waals surface area (Å²) in [7, 11) is 3.11. The number of carbonyl (C=O) groups excluding carboxylic acids is 2. The molecule has 2 amide bonds. The van der Waals surface area contributed by atoms with E-state index in [1.54, 1.807) is 19.4 Å². The molecule has 3 aromatic heterocycles. The van der Waals surface area contributed by atoms with Gasteiger partial charge in [-0.15, -0.1) is 0 Å². The van der Waals surface area contributed by atoms with Crippen molar-refractivity contribution >= 4 is 29.1 Å². The van der Waals surface area contributed by atoms with Gasteiger partial charge in [-0.2, -0.15) is 10.1 Å². The number of anilines is 3. The van der Waals surface area contributed by atoms with E-state index in [4.69, 9.17) is 4.74 Å². The molecule has 0 aromatic carbocycles. The number of hydrogen-bond acceptors (Lipinski definition) is 9. The first-order chi connectivity index (χ1) is 14.9. The van der Waals surface area contributed by atoms with Gasteiger partial charge in [-0.1, -0.05) is 13.8 Å². The van der Waals surface area contributed by atoms with Crippen LogP contribution in [0.4, 0.5) is 21.9 Å². The number of nitrogens with zero attached hydrogens (tertiary/aromatic N) is 6. The molecule has 3 rings (SSSR count). The molecule has 12 heteroatoms. The summed E-state index contributed by atoms with van der Waals surface area (Å²) < 4.78 is 6.86. The zero-order valence-electron chi connectivity index (χ0n) is 17.6. The Balaban J connectivity index is 1.84. The van der Waals surface area contributed by atoms with Crippen molar-refractivity contribution in [3.05, 3.63) is 42.6 Å². The minimum atomic E-state index is -0.834. The van der Waals surface area contributed by atoms with E-state index in [0.29, 0.717) is 29.5 Å². The van der Waals surface area contributed by atoms with Crippen molar-refractivity contribution in [1.29, 1.82) is 0 Å². The third kappa shape index (κ3) is 5.72. The van der Waals surface area contributed by atoms with Crippen LogP contribution in [0.1, 0.15) is 30.2 Å². The van der Waals surface area contributed by atoms with E-state index >= 15 is 0 Å². The Morgan fingerprint density at radius 3 is 2.58 bits per heavy atom. The summed E-state index contributed by atoms with van der Waals surface area (Å²) in [6.07, 6.45) is 7.32. The first kappa shape index (κ1) is 21.6. The van der Waals surface area contributed by atoms with Crippen molar-refractivity contribution in [2.24, 2.45) is 13.0 Å². The molecule has 0 spiro atoms. The predicted molar refractivity (Wildman–Crippen MR) is 112 cm³/mol. The van der Waals surface area contributed by atoms with Crippen LogP contribution in [-0.4, -0.2) is 48.8 Å². The second kappa shape index (κ2) is 9.61. The van der Waals surface area contributed by atoms with Gasteiger partial charge in [0.15, 0.2) is 5.69 Å². The molecule has 162 valence electrons. The zero-order valence-corrected chi connectivity index (χ0v) is 17.6. The van der Waals surface area contributed by atoms with Crippen molar-refractivity contribution in [3.63, 3.8) is 0 Å². The highest BCUT2D eigenvalue weighted by Gasteiger charge is 2.20. The first-order valence-electron chi connectivity index (χ1n) is 9.48. The van der Waals surface area contributed by atoms with Gasteiger partial charge >= 0.3 is 6.09 Å². The van der Waals surface area contributed by atoms with Crippen molar-refractivity contribution in [2.75, 3.05) is 17.7 Å². The van der Waals surface area contributed by atoms with E-state index < -0.39 is 12.0 Å². The number of nitrogens with one attached hydrogen (secondary N) is 3. The van der Waals surface area contributed by atoms with Gasteiger partial charge in [-0.3, -0.25) is 14.8 Å². The van der Waals surface area contributed by atoms with Gasteiger partial charge in [0.25, 0.3) is 11.8 Å².